The maximum Gasteiger partial charge on any atom is 0.262 e. The minimum atomic E-state index is -0.335. The second kappa shape index (κ2) is 9.26. The van der Waals surface area contributed by atoms with Crippen LogP contribution in [0.5, 0.6) is 11.5 Å². The van der Waals surface area contributed by atoms with E-state index < -0.39 is 0 Å². The zero-order valence-electron chi connectivity index (χ0n) is 16.3. The molecule has 0 atom stereocenters. The first-order valence-electron chi connectivity index (χ1n) is 9.52. The number of anilines is 1. The fourth-order valence-electron chi connectivity index (χ4n) is 3.23. The topological polar surface area (TPSA) is 67.9 Å². The van der Waals surface area contributed by atoms with Gasteiger partial charge in [0.15, 0.2) is 18.1 Å². The predicted octanol–water partition coefficient (Wildman–Crippen LogP) is 3.58. The largest absolute Gasteiger partial charge is 0.493 e. The van der Waals surface area contributed by atoms with Crippen molar-refractivity contribution >= 4 is 17.5 Å². The Balaban J connectivity index is 1.64. The smallest absolute Gasteiger partial charge is 0.262 e. The van der Waals surface area contributed by atoms with Crippen molar-refractivity contribution in [2.24, 2.45) is 5.92 Å². The third kappa shape index (κ3) is 4.82. The average molecular weight is 382 g/mol. The molecular formula is C22H26N2O4. The fourth-order valence-corrected chi connectivity index (χ4v) is 3.23. The molecule has 3 rings (SSSR count). The Morgan fingerprint density at radius 2 is 1.68 bits per heavy atom. The molecule has 1 aliphatic heterocycles. The van der Waals surface area contributed by atoms with Crippen LogP contribution in [0.25, 0.3) is 0 Å². The summed E-state index contributed by atoms with van der Waals surface area (Å²) in [5, 5.41) is 2.79. The quantitative estimate of drug-likeness (QED) is 0.829. The Kier molecular flexibility index (Phi) is 6.53. The zero-order chi connectivity index (χ0) is 19.9. The van der Waals surface area contributed by atoms with Gasteiger partial charge in [-0.1, -0.05) is 31.2 Å². The molecule has 0 unspecified atom stereocenters. The van der Waals surface area contributed by atoms with Gasteiger partial charge < -0.3 is 19.7 Å². The van der Waals surface area contributed by atoms with Gasteiger partial charge in [0.05, 0.1) is 18.4 Å². The molecule has 1 fully saturated rings. The van der Waals surface area contributed by atoms with Gasteiger partial charge in [-0.25, -0.2) is 0 Å². The number of carbonyl (C=O) groups excluding carboxylic acids is 2. The van der Waals surface area contributed by atoms with Crippen LogP contribution in [0.3, 0.4) is 0 Å². The van der Waals surface area contributed by atoms with E-state index in [0.29, 0.717) is 28.7 Å². The van der Waals surface area contributed by atoms with E-state index in [1.54, 1.807) is 43.5 Å². The minimum absolute atomic E-state index is 0.0477. The Morgan fingerprint density at radius 1 is 1.04 bits per heavy atom. The van der Waals surface area contributed by atoms with Crippen molar-refractivity contribution in [3.05, 3.63) is 54.1 Å². The number of nitrogens with one attached hydrogen (secondary N) is 1. The first-order valence-corrected chi connectivity index (χ1v) is 9.52. The second-order valence-electron chi connectivity index (χ2n) is 7.01. The highest BCUT2D eigenvalue weighted by Gasteiger charge is 2.23. The number of piperidine rings is 1. The number of ether oxygens (including phenoxy) is 2. The van der Waals surface area contributed by atoms with Crippen LogP contribution >= 0.6 is 0 Å². The van der Waals surface area contributed by atoms with Crippen molar-refractivity contribution in [3.8, 4) is 11.5 Å². The highest BCUT2D eigenvalue weighted by Crippen LogP contribution is 2.26. The summed E-state index contributed by atoms with van der Waals surface area (Å²) in [6.07, 6.45) is 2.01. The van der Waals surface area contributed by atoms with Crippen molar-refractivity contribution < 1.29 is 19.1 Å². The van der Waals surface area contributed by atoms with Gasteiger partial charge >= 0.3 is 0 Å². The summed E-state index contributed by atoms with van der Waals surface area (Å²) < 4.78 is 10.8. The molecule has 0 spiro atoms. The summed E-state index contributed by atoms with van der Waals surface area (Å²) in [5.41, 5.74) is 1.00. The second-order valence-corrected chi connectivity index (χ2v) is 7.01. The van der Waals surface area contributed by atoms with E-state index in [1.165, 1.54) is 0 Å². The average Bonchev–Trinajstić information content (AvgIpc) is 2.73. The normalized spacial score (nSPS) is 14.4. The van der Waals surface area contributed by atoms with Crippen LogP contribution in [0.1, 0.15) is 30.1 Å². The maximum absolute atomic E-state index is 12.9. The summed E-state index contributed by atoms with van der Waals surface area (Å²) in [6.45, 7) is 3.53. The molecule has 0 aromatic heterocycles. The van der Waals surface area contributed by atoms with Crippen LogP contribution in [0.2, 0.25) is 0 Å². The first kappa shape index (κ1) is 19.7. The van der Waals surface area contributed by atoms with Crippen LogP contribution in [-0.4, -0.2) is 43.5 Å². The molecule has 6 nitrogen and oxygen atoms in total. The van der Waals surface area contributed by atoms with Gasteiger partial charge in [-0.3, -0.25) is 9.59 Å². The lowest BCUT2D eigenvalue weighted by atomic mass is 9.98. The van der Waals surface area contributed by atoms with E-state index in [9.17, 15) is 9.59 Å². The van der Waals surface area contributed by atoms with Crippen LogP contribution in [-0.2, 0) is 4.79 Å². The van der Waals surface area contributed by atoms with Gasteiger partial charge in [0.2, 0.25) is 0 Å². The summed E-state index contributed by atoms with van der Waals surface area (Å²) in [5.74, 6) is 1.31. The van der Waals surface area contributed by atoms with Gasteiger partial charge in [-0.15, -0.1) is 0 Å². The van der Waals surface area contributed by atoms with Crippen LogP contribution in [0, 0.1) is 5.92 Å². The number of para-hydroxylation sites is 3. The van der Waals surface area contributed by atoms with Crippen LogP contribution in [0.4, 0.5) is 5.69 Å². The Morgan fingerprint density at radius 3 is 2.39 bits per heavy atom. The summed E-state index contributed by atoms with van der Waals surface area (Å²) in [6, 6.07) is 14.2. The standard InChI is InChI=1S/C22H26N2O4/c1-16-11-13-24(14-12-16)22(26)17-7-3-4-8-18(17)23-21(25)15-28-20-10-6-5-9-19(20)27-2/h3-10,16H,11-15H2,1-2H3,(H,23,25). The number of rotatable bonds is 6. The minimum Gasteiger partial charge on any atom is -0.493 e. The molecule has 28 heavy (non-hydrogen) atoms. The van der Waals surface area contributed by atoms with Gasteiger partial charge in [-0.05, 0) is 43.0 Å². The summed E-state index contributed by atoms with van der Waals surface area (Å²) in [7, 11) is 1.55. The van der Waals surface area contributed by atoms with Gasteiger partial charge in [0.25, 0.3) is 11.8 Å². The molecule has 2 amide bonds. The molecule has 1 heterocycles. The molecule has 0 bridgehead atoms. The van der Waals surface area contributed by atoms with Crippen molar-refractivity contribution in [1.82, 2.24) is 4.90 Å². The molecular weight excluding hydrogens is 356 g/mol. The van der Waals surface area contributed by atoms with E-state index in [2.05, 4.69) is 12.2 Å². The number of methoxy groups -OCH3 is 1. The third-order valence-electron chi connectivity index (χ3n) is 4.93. The van der Waals surface area contributed by atoms with Gasteiger partial charge in [0, 0.05) is 13.1 Å². The third-order valence-corrected chi connectivity index (χ3v) is 4.93. The number of benzene rings is 2. The molecule has 2 aromatic carbocycles. The molecule has 2 aromatic rings. The summed E-state index contributed by atoms with van der Waals surface area (Å²) >= 11 is 0. The highest BCUT2D eigenvalue weighted by atomic mass is 16.5. The number of nitrogens with zero attached hydrogens (tertiary/aromatic N) is 1. The highest BCUT2D eigenvalue weighted by molar-refractivity contribution is 6.04. The lowest BCUT2D eigenvalue weighted by molar-refractivity contribution is -0.118. The fraction of sp³-hybridized carbons (Fsp3) is 0.364. The van der Waals surface area contributed by atoms with Crippen LogP contribution < -0.4 is 14.8 Å². The van der Waals surface area contributed by atoms with E-state index in [4.69, 9.17) is 9.47 Å². The van der Waals surface area contributed by atoms with Crippen LogP contribution in [0.15, 0.2) is 48.5 Å². The number of hydrogen-bond donors (Lipinski definition) is 1. The molecule has 0 aliphatic carbocycles. The molecule has 1 aliphatic rings. The van der Waals surface area contributed by atoms with Crippen molar-refractivity contribution in [2.45, 2.75) is 19.8 Å². The Bertz CT molecular complexity index is 829. The van der Waals surface area contributed by atoms with Gasteiger partial charge in [0.1, 0.15) is 0 Å². The van der Waals surface area contributed by atoms with Gasteiger partial charge in [-0.2, -0.15) is 0 Å². The first-order chi connectivity index (χ1) is 13.6. The van der Waals surface area contributed by atoms with E-state index in [1.807, 2.05) is 17.0 Å². The molecule has 6 heteroatoms. The number of likely N-dealkylation sites (tertiary alicyclic amines) is 1. The monoisotopic (exact) mass is 382 g/mol. The van der Waals surface area contributed by atoms with E-state index >= 15 is 0 Å². The molecule has 148 valence electrons. The predicted molar refractivity (Wildman–Crippen MR) is 108 cm³/mol. The maximum atomic E-state index is 12.9. The number of hydrogen-bond acceptors (Lipinski definition) is 4. The lowest BCUT2D eigenvalue weighted by Crippen LogP contribution is -2.38. The molecule has 1 N–H and O–H groups in total. The zero-order valence-corrected chi connectivity index (χ0v) is 16.3. The Labute approximate surface area is 165 Å². The van der Waals surface area contributed by atoms with Crippen molar-refractivity contribution in [3.63, 3.8) is 0 Å². The Hall–Kier alpha value is -3.02. The van der Waals surface area contributed by atoms with Crippen molar-refractivity contribution in [1.29, 1.82) is 0 Å². The number of amides is 2. The van der Waals surface area contributed by atoms with Crippen molar-refractivity contribution in [2.75, 3.05) is 32.1 Å². The van der Waals surface area contributed by atoms with E-state index in [0.717, 1.165) is 25.9 Å². The lowest BCUT2D eigenvalue weighted by Gasteiger charge is -2.30. The summed E-state index contributed by atoms with van der Waals surface area (Å²) in [4.78, 5) is 27.1. The number of carbonyl (C=O) groups is 2. The van der Waals surface area contributed by atoms with E-state index in [-0.39, 0.29) is 18.4 Å². The molecule has 0 saturated carbocycles. The molecule has 0 radical (unpaired) electrons. The SMILES string of the molecule is COc1ccccc1OCC(=O)Nc1ccccc1C(=O)N1CCC(C)CC1. The molecule has 1 saturated heterocycles.